The molecule has 0 saturated heterocycles. The molecule has 24 heavy (non-hydrogen) atoms. The standard InChI is InChI=1S/C14H14N6O4/c1-2-24-9-5-7(15-6-10(21)22)3-4-8(9)12-16-13-11(14(23)17-12)18-20-19-13/h3-5,15H,2,6H2,1H3,(H,21,22)(H2,16,17,18,19,20,23). The molecule has 0 spiro atoms. The van der Waals surface area contributed by atoms with E-state index in [0.29, 0.717) is 23.6 Å². The van der Waals surface area contributed by atoms with E-state index in [1.165, 1.54) is 0 Å². The molecule has 0 bridgehead atoms. The zero-order chi connectivity index (χ0) is 17.1. The van der Waals surface area contributed by atoms with Crippen LogP contribution in [0, 0.1) is 0 Å². The number of anilines is 1. The summed E-state index contributed by atoms with van der Waals surface area (Å²) in [5.74, 6) is -0.229. The van der Waals surface area contributed by atoms with Crippen LogP contribution >= 0.6 is 0 Å². The average molecular weight is 330 g/mol. The Morgan fingerprint density at radius 1 is 1.38 bits per heavy atom. The molecular formula is C14H14N6O4. The minimum atomic E-state index is -0.973. The monoisotopic (exact) mass is 330 g/mol. The number of carbonyl (C=O) groups is 1. The first-order valence-corrected chi connectivity index (χ1v) is 7.12. The van der Waals surface area contributed by atoms with Crippen molar-refractivity contribution in [1.82, 2.24) is 25.4 Å². The first-order valence-electron chi connectivity index (χ1n) is 7.12. The van der Waals surface area contributed by atoms with Gasteiger partial charge in [-0.2, -0.15) is 5.21 Å². The van der Waals surface area contributed by atoms with E-state index in [4.69, 9.17) is 9.84 Å². The van der Waals surface area contributed by atoms with Crippen molar-refractivity contribution in [3.8, 4) is 17.1 Å². The number of rotatable bonds is 6. The summed E-state index contributed by atoms with van der Waals surface area (Å²) in [5.41, 5.74) is 1.04. The highest BCUT2D eigenvalue weighted by molar-refractivity contribution is 5.76. The number of ether oxygens (including phenoxy) is 1. The van der Waals surface area contributed by atoms with E-state index in [2.05, 4.69) is 30.7 Å². The fraction of sp³-hybridized carbons (Fsp3) is 0.214. The predicted octanol–water partition coefficient (Wildman–Crippen LogP) is 0.603. The third kappa shape index (κ3) is 3.02. The predicted molar refractivity (Wildman–Crippen MR) is 85.0 cm³/mol. The smallest absolute Gasteiger partial charge is 0.322 e. The number of aromatic nitrogens is 5. The number of aliphatic carboxylic acids is 1. The number of nitrogens with zero attached hydrogens (tertiary/aromatic N) is 3. The van der Waals surface area contributed by atoms with Crippen LogP contribution in [0.4, 0.5) is 5.69 Å². The lowest BCUT2D eigenvalue weighted by molar-refractivity contribution is -0.134. The molecule has 2 heterocycles. The van der Waals surface area contributed by atoms with Crippen LogP contribution in [-0.4, -0.2) is 49.6 Å². The Hall–Kier alpha value is -3.43. The number of carboxylic acids is 1. The van der Waals surface area contributed by atoms with E-state index in [1.807, 2.05) is 6.92 Å². The summed E-state index contributed by atoms with van der Waals surface area (Å²) in [6.45, 7) is 1.99. The van der Waals surface area contributed by atoms with Gasteiger partial charge >= 0.3 is 5.97 Å². The van der Waals surface area contributed by atoms with Gasteiger partial charge < -0.3 is 20.1 Å². The van der Waals surface area contributed by atoms with Gasteiger partial charge in [-0.3, -0.25) is 9.59 Å². The number of hydrogen-bond acceptors (Lipinski definition) is 7. The number of hydrogen-bond donors (Lipinski definition) is 4. The van der Waals surface area contributed by atoms with Gasteiger partial charge in [0.15, 0.2) is 5.52 Å². The van der Waals surface area contributed by atoms with Crippen molar-refractivity contribution in [3.63, 3.8) is 0 Å². The van der Waals surface area contributed by atoms with E-state index < -0.39 is 11.5 Å². The molecule has 0 aliphatic carbocycles. The molecule has 0 radical (unpaired) electrons. The fourth-order valence-electron chi connectivity index (χ4n) is 2.16. The van der Waals surface area contributed by atoms with Gasteiger partial charge in [-0.1, -0.05) is 0 Å². The molecule has 124 valence electrons. The van der Waals surface area contributed by atoms with Crippen LogP contribution in [0.15, 0.2) is 23.0 Å². The second-order valence-corrected chi connectivity index (χ2v) is 4.80. The first kappa shape index (κ1) is 15.5. The molecule has 0 aliphatic rings. The number of fused-ring (bicyclic) bond motifs is 1. The number of nitrogens with one attached hydrogen (secondary N) is 3. The number of aromatic amines is 2. The summed E-state index contributed by atoms with van der Waals surface area (Å²) in [6.07, 6.45) is 0. The van der Waals surface area contributed by atoms with Crippen LogP contribution in [0.2, 0.25) is 0 Å². The molecule has 1 aromatic carbocycles. The zero-order valence-electron chi connectivity index (χ0n) is 12.7. The van der Waals surface area contributed by atoms with E-state index in [9.17, 15) is 9.59 Å². The van der Waals surface area contributed by atoms with Crippen molar-refractivity contribution >= 4 is 22.8 Å². The molecule has 0 unspecified atom stereocenters. The first-order chi connectivity index (χ1) is 11.6. The van der Waals surface area contributed by atoms with Gasteiger partial charge in [-0.15, -0.1) is 10.2 Å². The van der Waals surface area contributed by atoms with E-state index >= 15 is 0 Å². The van der Waals surface area contributed by atoms with Crippen LogP contribution in [0.3, 0.4) is 0 Å². The Balaban J connectivity index is 2.04. The molecule has 10 nitrogen and oxygen atoms in total. The zero-order valence-corrected chi connectivity index (χ0v) is 12.7. The third-order valence-corrected chi connectivity index (χ3v) is 3.17. The maximum atomic E-state index is 12.0. The SMILES string of the molecule is CCOc1cc(NCC(=O)O)ccc1-c1nc2n[nH]nc2c(=O)[nH]1. The summed E-state index contributed by atoms with van der Waals surface area (Å²) in [6, 6.07) is 5.00. The van der Waals surface area contributed by atoms with Crippen molar-refractivity contribution < 1.29 is 14.6 Å². The minimum Gasteiger partial charge on any atom is -0.493 e. The molecule has 0 aliphatic heterocycles. The number of H-pyrrole nitrogens is 2. The molecule has 0 saturated carbocycles. The molecular weight excluding hydrogens is 316 g/mol. The van der Waals surface area contributed by atoms with Gasteiger partial charge in [-0.05, 0) is 19.1 Å². The Labute approximate surface area is 134 Å². The van der Waals surface area contributed by atoms with Crippen molar-refractivity contribution in [2.24, 2.45) is 0 Å². The summed E-state index contributed by atoms with van der Waals surface area (Å²) in [7, 11) is 0. The van der Waals surface area contributed by atoms with Crippen molar-refractivity contribution in [1.29, 1.82) is 0 Å². The lowest BCUT2D eigenvalue weighted by Gasteiger charge is -2.12. The van der Waals surface area contributed by atoms with Crippen LogP contribution in [0.5, 0.6) is 5.75 Å². The normalized spacial score (nSPS) is 10.7. The molecule has 0 atom stereocenters. The minimum absolute atomic E-state index is 0.122. The van der Waals surface area contributed by atoms with Crippen LogP contribution in [-0.2, 0) is 4.79 Å². The molecule has 3 aromatic rings. The van der Waals surface area contributed by atoms with E-state index in [0.717, 1.165) is 0 Å². The van der Waals surface area contributed by atoms with E-state index in [-0.39, 0.29) is 23.5 Å². The van der Waals surface area contributed by atoms with Crippen LogP contribution in [0.25, 0.3) is 22.6 Å². The highest BCUT2D eigenvalue weighted by Crippen LogP contribution is 2.30. The second kappa shape index (κ2) is 6.36. The van der Waals surface area contributed by atoms with Gasteiger partial charge in [0.25, 0.3) is 5.56 Å². The Kier molecular flexibility index (Phi) is 4.10. The van der Waals surface area contributed by atoms with Crippen LogP contribution < -0.4 is 15.6 Å². The lowest BCUT2D eigenvalue weighted by Crippen LogP contribution is -2.13. The summed E-state index contributed by atoms with van der Waals surface area (Å²) < 4.78 is 5.58. The number of benzene rings is 1. The third-order valence-electron chi connectivity index (χ3n) is 3.17. The summed E-state index contributed by atoms with van der Waals surface area (Å²) >= 11 is 0. The van der Waals surface area contributed by atoms with Gasteiger partial charge in [0.05, 0.1) is 12.2 Å². The Morgan fingerprint density at radius 2 is 2.21 bits per heavy atom. The second-order valence-electron chi connectivity index (χ2n) is 4.80. The largest absolute Gasteiger partial charge is 0.493 e. The molecule has 0 fully saturated rings. The van der Waals surface area contributed by atoms with Crippen molar-refractivity contribution in [2.75, 3.05) is 18.5 Å². The highest BCUT2D eigenvalue weighted by atomic mass is 16.5. The van der Waals surface area contributed by atoms with Gasteiger partial charge in [-0.25, -0.2) is 4.98 Å². The van der Waals surface area contributed by atoms with Crippen molar-refractivity contribution in [2.45, 2.75) is 6.92 Å². The van der Waals surface area contributed by atoms with E-state index in [1.54, 1.807) is 18.2 Å². The molecule has 0 amide bonds. The van der Waals surface area contributed by atoms with Gasteiger partial charge in [0, 0.05) is 11.8 Å². The topological polar surface area (TPSA) is 146 Å². The Bertz CT molecular complexity index is 948. The molecule has 10 heteroatoms. The quantitative estimate of drug-likeness (QED) is 0.514. The fourth-order valence-corrected chi connectivity index (χ4v) is 2.16. The number of carboxylic acid groups (broad SMARTS) is 1. The lowest BCUT2D eigenvalue weighted by atomic mass is 10.1. The molecule has 2 aromatic heterocycles. The summed E-state index contributed by atoms with van der Waals surface area (Å²) in [5, 5.41) is 21.4. The average Bonchev–Trinajstić information content (AvgIpc) is 3.02. The Morgan fingerprint density at radius 3 is 2.96 bits per heavy atom. The van der Waals surface area contributed by atoms with Gasteiger partial charge in [0.2, 0.25) is 5.65 Å². The van der Waals surface area contributed by atoms with Gasteiger partial charge in [0.1, 0.15) is 18.1 Å². The maximum absolute atomic E-state index is 12.0. The summed E-state index contributed by atoms with van der Waals surface area (Å²) in [4.78, 5) is 29.6. The molecule has 3 rings (SSSR count). The van der Waals surface area contributed by atoms with Crippen LogP contribution in [0.1, 0.15) is 6.92 Å². The molecule has 4 N–H and O–H groups in total. The van der Waals surface area contributed by atoms with Crippen molar-refractivity contribution in [3.05, 3.63) is 28.6 Å². The maximum Gasteiger partial charge on any atom is 0.322 e. The highest BCUT2D eigenvalue weighted by Gasteiger charge is 2.14.